The molecule has 0 bridgehead atoms. The summed E-state index contributed by atoms with van der Waals surface area (Å²) in [6.07, 6.45) is 8.86. The van der Waals surface area contributed by atoms with Crippen molar-refractivity contribution >= 4 is 11.6 Å². The molecule has 0 radical (unpaired) electrons. The van der Waals surface area contributed by atoms with Crippen LogP contribution in [0.2, 0.25) is 0 Å². The second-order valence-corrected chi connectivity index (χ2v) is 4.65. The van der Waals surface area contributed by atoms with Crippen molar-refractivity contribution in [2.45, 2.75) is 6.54 Å². The summed E-state index contributed by atoms with van der Waals surface area (Å²) >= 11 is 0. The molecular weight excluding hydrogens is 278 g/mol. The Balaban J connectivity index is 1.70. The highest BCUT2D eigenvalue weighted by atomic mass is 16.4. The van der Waals surface area contributed by atoms with Crippen LogP contribution >= 0.6 is 0 Å². The first-order valence-corrected chi connectivity index (χ1v) is 6.69. The maximum Gasteiger partial charge on any atom is 0.291 e. The minimum absolute atomic E-state index is 0.244. The molecule has 0 saturated heterocycles. The van der Waals surface area contributed by atoms with Gasteiger partial charge in [-0.25, -0.2) is 0 Å². The Kier molecular flexibility index (Phi) is 3.75. The molecule has 0 spiro atoms. The van der Waals surface area contributed by atoms with E-state index in [0.29, 0.717) is 23.6 Å². The molecule has 0 aliphatic carbocycles. The summed E-state index contributed by atoms with van der Waals surface area (Å²) in [7, 11) is 0. The van der Waals surface area contributed by atoms with Gasteiger partial charge in [-0.05, 0) is 36.4 Å². The fourth-order valence-corrected chi connectivity index (χ4v) is 2.02. The zero-order valence-electron chi connectivity index (χ0n) is 11.7. The Hall–Kier alpha value is -3.26. The van der Waals surface area contributed by atoms with Crippen LogP contribution in [0.25, 0.3) is 0 Å². The molecule has 22 heavy (non-hydrogen) atoms. The highest BCUT2D eigenvalue weighted by molar-refractivity contribution is 6.02. The zero-order valence-corrected chi connectivity index (χ0v) is 11.7. The van der Waals surface area contributed by atoms with Crippen LogP contribution in [0.4, 0.5) is 5.69 Å². The van der Waals surface area contributed by atoms with Crippen LogP contribution in [0, 0.1) is 12.3 Å². The summed E-state index contributed by atoms with van der Waals surface area (Å²) in [6, 6.07) is 12.3. The standard InChI is InChI=1S/C17H13N3O2/c1-2-13-5-3-6-14(11-13)19-17(21)16-8-7-15(22-16)12-20-10-4-9-18-20/h1,3-11H,12H2,(H,19,21). The van der Waals surface area contributed by atoms with E-state index in [9.17, 15) is 4.79 Å². The zero-order chi connectivity index (χ0) is 15.4. The van der Waals surface area contributed by atoms with Crippen molar-refractivity contribution in [2.75, 3.05) is 5.32 Å². The number of carbonyl (C=O) groups is 1. The SMILES string of the molecule is C#Cc1cccc(NC(=O)c2ccc(Cn3cccn3)o2)c1. The lowest BCUT2D eigenvalue weighted by molar-refractivity contribution is 0.0994. The Morgan fingerprint density at radius 3 is 3.00 bits per heavy atom. The van der Waals surface area contributed by atoms with Gasteiger partial charge < -0.3 is 9.73 Å². The van der Waals surface area contributed by atoms with Crippen molar-refractivity contribution in [3.05, 3.63) is 71.9 Å². The molecule has 3 aromatic rings. The van der Waals surface area contributed by atoms with E-state index in [1.807, 2.05) is 12.3 Å². The summed E-state index contributed by atoms with van der Waals surface area (Å²) in [5.74, 6) is 3.11. The summed E-state index contributed by atoms with van der Waals surface area (Å²) in [5.41, 5.74) is 1.34. The van der Waals surface area contributed by atoms with Gasteiger partial charge in [-0.1, -0.05) is 12.0 Å². The number of terminal acetylenes is 1. The fraction of sp³-hybridized carbons (Fsp3) is 0.0588. The molecule has 5 nitrogen and oxygen atoms in total. The number of hydrogen-bond acceptors (Lipinski definition) is 3. The van der Waals surface area contributed by atoms with Crippen LogP contribution in [0.5, 0.6) is 0 Å². The van der Waals surface area contributed by atoms with E-state index in [2.05, 4.69) is 16.3 Å². The summed E-state index contributed by atoms with van der Waals surface area (Å²) in [5, 5.41) is 6.84. The van der Waals surface area contributed by atoms with Gasteiger partial charge in [-0.3, -0.25) is 9.48 Å². The summed E-state index contributed by atoms with van der Waals surface area (Å²) in [4.78, 5) is 12.2. The van der Waals surface area contributed by atoms with Crippen LogP contribution in [-0.4, -0.2) is 15.7 Å². The predicted octanol–water partition coefficient (Wildman–Crippen LogP) is 2.76. The van der Waals surface area contributed by atoms with E-state index in [1.165, 1.54) is 0 Å². The Bertz CT molecular complexity index is 826. The minimum atomic E-state index is -0.319. The van der Waals surface area contributed by atoms with E-state index >= 15 is 0 Å². The Morgan fingerprint density at radius 1 is 1.32 bits per heavy atom. The quantitative estimate of drug-likeness (QED) is 0.752. The number of benzene rings is 1. The molecule has 1 aromatic carbocycles. The second-order valence-electron chi connectivity index (χ2n) is 4.65. The summed E-state index contributed by atoms with van der Waals surface area (Å²) in [6.45, 7) is 0.479. The van der Waals surface area contributed by atoms with Crippen LogP contribution in [0.3, 0.4) is 0 Å². The third kappa shape index (κ3) is 3.07. The molecule has 1 N–H and O–H groups in total. The van der Waals surface area contributed by atoms with E-state index in [0.717, 1.165) is 0 Å². The number of hydrogen-bond donors (Lipinski definition) is 1. The van der Waals surface area contributed by atoms with Gasteiger partial charge in [0.15, 0.2) is 5.76 Å². The van der Waals surface area contributed by atoms with Gasteiger partial charge in [0.2, 0.25) is 0 Å². The monoisotopic (exact) mass is 291 g/mol. The molecule has 5 heteroatoms. The third-order valence-corrected chi connectivity index (χ3v) is 3.05. The highest BCUT2D eigenvalue weighted by Crippen LogP contribution is 2.14. The van der Waals surface area contributed by atoms with Gasteiger partial charge in [-0.2, -0.15) is 5.10 Å². The number of nitrogens with zero attached hydrogens (tertiary/aromatic N) is 2. The fourth-order valence-electron chi connectivity index (χ4n) is 2.02. The average Bonchev–Trinajstić information content (AvgIpc) is 3.20. The van der Waals surface area contributed by atoms with Gasteiger partial charge >= 0.3 is 0 Å². The average molecular weight is 291 g/mol. The Labute approximate surface area is 127 Å². The number of nitrogens with one attached hydrogen (secondary N) is 1. The maximum absolute atomic E-state index is 12.2. The van der Waals surface area contributed by atoms with Gasteiger partial charge in [0, 0.05) is 23.6 Å². The van der Waals surface area contributed by atoms with Gasteiger partial charge in [0.25, 0.3) is 5.91 Å². The molecule has 0 fully saturated rings. The van der Waals surface area contributed by atoms with Gasteiger partial charge in [-0.15, -0.1) is 6.42 Å². The predicted molar refractivity (Wildman–Crippen MR) is 82.4 cm³/mol. The molecule has 0 aliphatic heterocycles. The lowest BCUT2D eigenvalue weighted by atomic mass is 10.2. The number of aromatic nitrogens is 2. The molecule has 3 rings (SSSR count). The molecule has 0 aliphatic rings. The van der Waals surface area contributed by atoms with Crippen LogP contribution < -0.4 is 5.32 Å². The van der Waals surface area contributed by atoms with Crippen molar-refractivity contribution in [1.82, 2.24) is 9.78 Å². The van der Waals surface area contributed by atoms with Crippen molar-refractivity contribution in [1.29, 1.82) is 0 Å². The van der Waals surface area contributed by atoms with Crippen LogP contribution in [0.15, 0.2) is 59.3 Å². The van der Waals surface area contributed by atoms with Crippen molar-refractivity contribution < 1.29 is 9.21 Å². The van der Waals surface area contributed by atoms with Gasteiger partial charge in [0.05, 0.1) is 6.54 Å². The first kappa shape index (κ1) is 13.7. The molecule has 2 heterocycles. The normalized spacial score (nSPS) is 10.1. The molecule has 0 unspecified atom stereocenters. The molecule has 2 aromatic heterocycles. The molecule has 0 atom stereocenters. The number of anilines is 1. The van der Waals surface area contributed by atoms with Crippen molar-refractivity contribution in [3.8, 4) is 12.3 Å². The molecule has 0 saturated carbocycles. The third-order valence-electron chi connectivity index (χ3n) is 3.05. The topological polar surface area (TPSA) is 60.1 Å². The molecular formula is C17H13N3O2. The van der Waals surface area contributed by atoms with E-state index in [-0.39, 0.29) is 11.7 Å². The molecule has 108 valence electrons. The van der Waals surface area contributed by atoms with E-state index < -0.39 is 0 Å². The number of furan rings is 1. The number of amides is 1. The van der Waals surface area contributed by atoms with E-state index in [4.69, 9.17) is 10.8 Å². The molecule has 1 amide bonds. The maximum atomic E-state index is 12.2. The van der Waals surface area contributed by atoms with Crippen LogP contribution in [-0.2, 0) is 6.54 Å². The van der Waals surface area contributed by atoms with Crippen molar-refractivity contribution in [2.24, 2.45) is 0 Å². The van der Waals surface area contributed by atoms with Gasteiger partial charge in [0.1, 0.15) is 5.76 Å². The largest absolute Gasteiger partial charge is 0.454 e. The number of rotatable bonds is 4. The minimum Gasteiger partial charge on any atom is -0.454 e. The van der Waals surface area contributed by atoms with Crippen molar-refractivity contribution in [3.63, 3.8) is 0 Å². The first-order chi connectivity index (χ1) is 10.7. The summed E-state index contributed by atoms with van der Waals surface area (Å²) < 4.78 is 7.25. The lowest BCUT2D eigenvalue weighted by Gasteiger charge is -2.03. The number of carbonyl (C=O) groups excluding carboxylic acids is 1. The second kappa shape index (κ2) is 6.02. The first-order valence-electron chi connectivity index (χ1n) is 6.69. The lowest BCUT2D eigenvalue weighted by Crippen LogP contribution is -2.11. The smallest absolute Gasteiger partial charge is 0.291 e. The highest BCUT2D eigenvalue weighted by Gasteiger charge is 2.12. The van der Waals surface area contributed by atoms with E-state index in [1.54, 1.807) is 47.3 Å². The Morgan fingerprint density at radius 2 is 2.23 bits per heavy atom. The van der Waals surface area contributed by atoms with Crippen LogP contribution in [0.1, 0.15) is 21.9 Å².